The number of halogens is 4. The van der Waals surface area contributed by atoms with E-state index in [0.717, 1.165) is 10.1 Å². The number of nitrogens with zero attached hydrogens (tertiary/aromatic N) is 3. The van der Waals surface area contributed by atoms with Crippen LogP contribution in [-0.4, -0.2) is 25.9 Å². The molecule has 3 heterocycles. The van der Waals surface area contributed by atoms with Crippen molar-refractivity contribution in [3.63, 3.8) is 0 Å². The van der Waals surface area contributed by atoms with Crippen molar-refractivity contribution >= 4 is 37.7 Å². The molecule has 0 aliphatic rings. The van der Waals surface area contributed by atoms with Crippen molar-refractivity contribution in [2.75, 3.05) is 0 Å². The second-order valence-corrected chi connectivity index (χ2v) is 6.59. The lowest BCUT2D eigenvalue weighted by Gasteiger charge is -2.15. The predicted octanol–water partition coefficient (Wildman–Crippen LogP) is 4.26. The number of hydrogen-bond acceptors (Lipinski definition) is 3. The molecule has 1 N–H and O–H groups in total. The van der Waals surface area contributed by atoms with Gasteiger partial charge in [0.25, 0.3) is 5.56 Å². The van der Waals surface area contributed by atoms with Crippen molar-refractivity contribution < 1.29 is 13.2 Å². The molecule has 26 heavy (non-hydrogen) atoms. The molecule has 0 aliphatic heterocycles. The topological polar surface area (TPSA) is 63.6 Å². The van der Waals surface area contributed by atoms with Gasteiger partial charge in [0.2, 0.25) is 0 Å². The maximum atomic E-state index is 13.1. The Morgan fingerprint density at radius 3 is 2.58 bits per heavy atom. The molecule has 0 aliphatic carbocycles. The molecule has 0 unspecified atom stereocenters. The van der Waals surface area contributed by atoms with Crippen molar-refractivity contribution in [1.82, 2.24) is 19.7 Å². The highest BCUT2D eigenvalue weighted by molar-refractivity contribution is 9.10. The highest BCUT2D eigenvalue weighted by atomic mass is 79.9. The van der Waals surface area contributed by atoms with Gasteiger partial charge in [0.1, 0.15) is 12.1 Å². The minimum Gasteiger partial charge on any atom is -0.298 e. The molecule has 9 heteroatoms. The van der Waals surface area contributed by atoms with Crippen molar-refractivity contribution in [2.45, 2.75) is 12.7 Å². The fourth-order valence-electron chi connectivity index (χ4n) is 2.98. The lowest BCUT2D eigenvalue weighted by molar-refractivity contribution is -0.140. The van der Waals surface area contributed by atoms with Crippen LogP contribution < -0.4 is 5.56 Å². The van der Waals surface area contributed by atoms with Gasteiger partial charge in [-0.2, -0.15) is 18.3 Å². The average molecular weight is 423 g/mol. The smallest absolute Gasteiger partial charge is 0.298 e. The summed E-state index contributed by atoms with van der Waals surface area (Å²) in [7, 11) is 0. The van der Waals surface area contributed by atoms with Gasteiger partial charge in [0.15, 0.2) is 0 Å². The highest BCUT2D eigenvalue weighted by Gasteiger charge is 2.30. The van der Waals surface area contributed by atoms with Gasteiger partial charge in [0.05, 0.1) is 10.9 Å². The molecule has 132 valence electrons. The molecule has 4 rings (SSSR count). The monoisotopic (exact) mass is 422 g/mol. The van der Waals surface area contributed by atoms with Gasteiger partial charge in [-0.15, -0.1) is 0 Å². The molecule has 0 amide bonds. The Bertz CT molecular complexity index is 1180. The zero-order valence-corrected chi connectivity index (χ0v) is 14.6. The molecular formula is C17H10BrF3N4O. The Balaban J connectivity index is 2.12. The second-order valence-electron chi connectivity index (χ2n) is 5.74. The van der Waals surface area contributed by atoms with Crippen molar-refractivity contribution in [3.05, 3.63) is 57.7 Å². The van der Waals surface area contributed by atoms with Crippen molar-refractivity contribution in [2.24, 2.45) is 0 Å². The third kappa shape index (κ3) is 2.78. The molecule has 0 atom stereocenters. The van der Waals surface area contributed by atoms with E-state index < -0.39 is 18.3 Å². The molecule has 0 saturated heterocycles. The maximum absolute atomic E-state index is 13.1. The molecule has 5 nitrogen and oxygen atoms in total. The van der Waals surface area contributed by atoms with E-state index in [2.05, 4.69) is 31.1 Å². The van der Waals surface area contributed by atoms with E-state index in [0.29, 0.717) is 20.9 Å². The summed E-state index contributed by atoms with van der Waals surface area (Å²) >= 11 is 3.46. The van der Waals surface area contributed by atoms with Crippen LogP contribution in [0, 0.1) is 0 Å². The fourth-order valence-corrected chi connectivity index (χ4v) is 3.55. The van der Waals surface area contributed by atoms with Crippen LogP contribution >= 0.6 is 15.9 Å². The Morgan fingerprint density at radius 2 is 1.88 bits per heavy atom. The van der Waals surface area contributed by atoms with Crippen LogP contribution in [0.4, 0.5) is 13.2 Å². The minimum absolute atomic E-state index is 0.116. The lowest BCUT2D eigenvalue weighted by atomic mass is 10.0. The minimum atomic E-state index is -4.53. The molecule has 0 spiro atoms. The summed E-state index contributed by atoms with van der Waals surface area (Å²) in [6, 6.07) is 6.73. The van der Waals surface area contributed by atoms with E-state index in [1.807, 2.05) is 0 Å². The summed E-state index contributed by atoms with van der Waals surface area (Å²) in [6.07, 6.45) is -0.0376. The van der Waals surface area contributed by atoms with E-state index >= 15 is 0 Å². The number of fused-ring (bicyclic) bond motifs is 3. The van der Waals surface area contributed by atoms with Gasteiger partial charge in [-0.05, 0) is 35.4 Å². The molecule has 4 aromatic rings. The summed E-state index contributed by atoms with van der Waals surface area (Å²) in [4.78, 5) is 16.5. The van der Waals surface area contributed by atoms with Gasteiger partial charge in [-0.3, -0.25) is 19.4 Å². The van der Waals surface area contributed by atoms with Gasteiger partial charge < -0.3 is 0 Å². The average Bonchev–Trinajstić information content (AvgIpc) is 3.08. The van der Waals surface area contributed by atoms with E-state index in [4.69, 9.17) is 0 Å². The lowest BCUT2D eigenvalue weighted by Crippen LogP contribution is -2.28. The summed E-state index contributed by atoms with van der Waals surface area (Å²) in [5.74, 6) is 0. The molecule has 0 radical (unpaired) electrons. The standard InChI is InChI=1S/C17H10BrF3N4O/c18-13-5-11-14(6-10(13)9-1-3-22-4-2-9)25(8-17(19,20)21)16(26)12-7-23-24-15(11)12/h1-7H,8H2,(H,23,24). The van der Waals surface area contributed by atoms with Gasteiger partial charge in [-0.25, -0.2) is 0 Å². The summed E-state index contributed by atoms with van der Waals surface area (Å²) in [5.41, 5.74) is 1.20. The van der Waals surface area contributed by atoms with Gasteiger partial charge in [0, 0.05) is 28.4 Å². The maximum Gasteiger partial charge on any atom is 0.406 e. The number of hydrogen-bond donors (Lipinski definition) is 1. The number of pyridine rings is 2. The van der Waals surface area contributed by atoms with Crippen LogP contribution in [-0.2, 0) is 6.54 Å². The van der Waals surface area contributed by atoms with Crippen molar-refractivity contribution in [1.29, 1.82) is 0 Å². The summed E-state index contributed by atoms with van der Waals surface area (Å²) in [5, 5.41) is 7.17. The van der Waals surface area contributed by atoms with Crippen molar-refractivity contribution in [3.8, 4) is 11.1 Å². The van der Waals surface area contributed by atoms with E-state index in [-0.39, 0.29) is 10.9 Å². The zero-order chi connectivity index (χ0) is 18.5. The predicted molar refractivity (Wildman–Crippen MR) is 94.8 cm³/mol. The first-order chi connectivity index (χ1) is 12.3. The Morgan fingerprint density at radius 1 is 1.15 bits per heavy atom. The molecule has 1 aromatic carbocycles. The number of rotatable bonds is 2. The molecule has 3 aromatic heterocycles. The van der Waals surface area contributed by atoms with E-state index in [1.54, 1.807) is 36.7 Å². The van der Waals surface area contributed by atoms with Crippen LogP contribution in [0.15, 0.2) is 52.1 Å². The fraction of sp³-hybridized carbons (Fsp3) is 0.118. The van der Waals surface area contributed by atoms with Crippen LogP contribution in [0.3, 0.4) is 0 Å². The Labute approximate surface area is 152 Å². The van der Waals surface area contributed by atoms with Crippen LogP contribution in [0.2, 0.25) is 0 Å². The number of nitrogens with one attached hydrogen (secondary N) is 1. The number of alkyl halides is 3. The third-order valence-electron chi connectivity index (χ3n) is 4.08. The largest absolute Gasteiger partial charge is 0.406 e. The van der Waals surface area contributed by atoms with Crippen LogP contribution in [0.1, 0.15) is 0 Å². The summed E-state index contributed by atoms with van der Waals surface area (Å²) in [6.45, 7) is -1.37. The molecular weight excluding hydrogens is 413 g/mol. The van der Waals surface area contributed by atoms with Crippen LogP contribution in [0.5, 0.6) is 0 Å². The summed E-state index contributed by atoms with van der Waals surface area (Å²) < 4.78 is 40.7. The first-order valence-electron chi connectivity index (χ1n) is 7.52. The molecule has 0 bridgehead atoms. The first kappa shape index (κ1) is 16.8. The number of aromatic nitrogens is 4. The Kier molecular flexibility index (Phi) is 3.83. The van der Waals surface area contributed by atoms with Gasteiger partial charge in [-0.1, -0.05) is 15.9 Å². The van der Waals surface area contributed by atoms with Gasteiger partial charge >= 0.3 is 6.18 Å². The number of benzene rings is 1. The number of H-pyrrole nitrogens is 1. The second kappa shape index (κ2) is 5.94. The zero-order valence-electron chi connectivity index (χ0n) is 13.0. The Hall–Kier alpha value is -2.68. The molecule has 0 fully saturated rings. The molecule has 0 saturated carbocycles. The highest BCUT2D eigenvalue weighted by Crippen LogP contribution is 2.34. The first-order valence-corrected chi connectivity index (χ1v) is 8.31. The number of aromatic amines is 1. The van der Waals surface area contributed by atoms with E-state index in [1.165, 1.54) is 6.20 Å². The SMILES string of the molecule is O=c1c2c[nH]nc2c2cc(Br)c(-c3ccncc3)cc2n1CC(F)(F)F. The normalized spacial score (nSPS) is 12.2. The quantitative estimate of drug-likeness (QED) is 0.524. The van der Waals surface area contributed by atoms with E-state index in [9.17, 15) is 18.0 Å². The van der Waals surface area contributed by atoms with Crippen LogP contribution in [0.25, 0.3) is 32.9 Å². The third-order valence-corrected chi connectivity index (χ3v) is 4.73.